The van der Waals surface area contributed by atoms with E-state index in [9.17, 15) is 4.79 Å². The fraction of sp³-hybridized carbons (Fsp3) is 0.125. The monoisotopic (exact) mass is 330 g/mol. The normalized spacial score (nSPS) is 10.6. The van der Waals surface area contributed by atoms with Gasteiger partial charge >= 0.3 is 0 Å². The van der Waals surface area contributed by atoms with Gasteiger partial charge < -0.3 is 4.74 Å². The Morgan fingerprint density at radius 2 is 2.00 bits per heavy atom. The van der Waals surface area contributed by atoms with E-state index in [1.165, 1.54) is 11.3 Å². The number of rotatable bonds is 4. The van der Waals surface area contributed by atoms with Gasteiger partial charge in [0.2, 0.25) is 0 Å². The second-order valence-electron chi connectivity index (χ2n) is 4.51. The summed E-state index contributed by atoms with van der Waals surface area (Å²) in [6.07, 6.45) is 2.02. The minimum absolute atomic E-state index is 0.174. The number of amides is 1. The number of methoxy groups -OCH3 is 1. The summed E-state index contributed by atoms with van der Waals surface area (Å²) in [5.41, 5.74) is 1.51. The topological polar surface area (TPSA) is 51.2 Å². The van der Waals surface area contributed by atoms with Crippen LogP contribution < -0.4 is 10.1 Å². The molecule has 0 unspecified atom stereocenters. The largest absolute Gasteiger partial charge is 0.497 e. The Bertz CT molecular complexity index is 813. The molecule has 0 fully saturated rings. The Kier molecular flexibility index (Phi) is 4.31. The summed E-state index contributed by atoms with van der Waals surface area (Å²) < 4.78 is 6.15. The highest BCUT2D eigenvalue weighted by Crippen LogP contribution is 2.32. The van der Waals surface area contributed by atoms with Crippen molar-refractivity contribution < 1.29 is 9.53 Å². The number of hydrogen-bond acceptors (Lipinski definition) is 5. The maximum atomic E-state index is 12.3. The van der Waals surface area contributed by atoms with Gasteiger partial charge in [0.25, 0.3) is 5.91 Å². The zero-order valence-corrected chi connectivity index (χ0v) is 13.8. The molecule has 0 radical (unpaired) electrons. The predicted molar refractivity (Wildman–Crippen MR) is 92.3 cm³/mol. The maximum absolute atomic E-state index is 12.3. The number of carbonyl (C=O) groups is 1. The van der Waals surface area contributed by atoms with E-state index in [0.29, 0.717) is 10.7 Å². The molecule has 0 spiro atoms. The molecule has 0 atom stereocenters. The van der Waals surface area contributed by atoms with Crippen LogP contribution in [0.1, 0.15) is 10.4 Å². The van der Waals surface area contributed by atoms with E-state index in [-0.39, 0.29) is 5.91 Å². The van der Waals surface area contributed by atoms with Crippen molar-refractivity contribution in [1.82, 2.24) is 4.98 Å². The highest BCUT2D eigenvalue weighted by molar-refractivity contribution is 7.98. The third-order valence-electron chi connectivity index (χ3n) is 3.17. The average Bonchev–Trinajstić information content (AvgIpc) is 2.97. The molecule has 2 aromatic carbocycles. The molecule has 0 aliphatic rings. The Balaban J connectivity index is 1.84. The standard InChI is InChI=1S/C16H14N2O2S2/c1-20-11-8-6-10(7-9-11)15(19)18-16-17-14-12(21-2)4-3-5-13(14)22-16/h3-9H,1-2H3,(H,17,18,19). The minimum Gasteiger partial charge on any atom is -0.497 e. The molecule has 4 nitrogen and oxygen atoms in total. The van der Waals surface area contributed by atoms with Crippen molar-refractivity contribution in [1.29, 1.82) is 0 Å². The summed E-state index contributed by atoms with van der Waals surface area (Å²) in [7, 11) is 1.60. The Morgan fingerprint density at radius 1 is 1.23 bits per heavy atom. The number of nitrogens with one attached hydrogen (secondary N) is 1. The second kappa shape index (κ2) is 6.37. The van der Waals surface area contributed by atoms with E-state index >= 15 is 0 Å². The molecule has 0 saturated carbocycles. The molecule has 1 N–H and O–H groups in total. The van der Waals surface area contributed by atoms with Crippen LogP contribution in [0.15, 0.2) is 47.4 Å². The quantitative estimate of drug-likeness (QED) is 0.726. The van der Waals surface area contributed by atoms with Crippen molar-refractivity contribution in [2.24, 2.45) is 0 Å². The number of hydrogen-bond donors (Lipinski definition) is 1. The van der Waals surface area contributed by atoms with Gasteiger partial charge in [-0.2, -0.15) is 0 Å². The van der Waals surface area contributed by atoms with Crippen molar-refractivity contribution in [2.45, 2.75) is 4.90 Å². The van der Waals surface area contributed by atoms with Crippen LogP contribution in [-0.4, -0.2) is 24.3 Å². The predicted octanol–water partition coefficient (Wildman–Crippen LogP) is 4.28. The summed E-state index contributed by atoms with van der Waals surface area (Å²) in [5, 5.41) is 3.46. The first-order valence-corrected chi connectivity index (χ1v) is 8.64. The second-order valence-corrected chi connectivity index (χ2v) is 6.39. The molecule has 1 aromatic heterocycles. The van der Waals surface area contributed by atoms with Crippen molar-refractivity contribution in [3.8, 4) is 5.75 Å². The lowest BCUT2D eigenvalue weighted by Gasteiger charge is -2.03. The summed E-state index contributed by atoms with van der Waals surface area (Å²) >= 11 is 3.12. The number of benzene rings is 2. The fourth-order valence-corrected chi connectivity index (χ4v) is 3.57. The molecule has 0 saturated heterocycles. The van der Waals surface area contributed by atoms with Gasteiger partial charge in [-0.1, -0.05) is 17.4 Å². The van der Waals surface area contributed by atoms with E-state index in [2.05, 4.69) is 10.3 Å². The van der Waals surface area contributed by atoms with Crippen molar-refractivity contribution in [3.63, 3.8) is 0 Å². The van der Waals surface area contributed by atoms with E-state index in [4.69, 9.17) is 4.74 Å². The fourth-order valence-electron chi connectivity index (χ4n) is 2.05. The third kappa shape index (κ3) is 2.93. The molecule has 22 heavy (non-hydrogen) atoms. The molecule has 1 amide bonds. The molecule has 6 heteroatoms. The Labute approximate surface area is 136 Å². The molecule has 0 aliphatic heterocycles. The SMILES string of the molecule is COc1ccc(C(=O)Nc2nc3c(SC)cccc3s2)cc1. The van der Waals surface area contributed by atoms with Gasteiger partial charge in [0, 0.05) is 10.5 Å². The first-order chi connectivity index (χ1) is 10.7. The van der Waals surface area contributed by atoms with Gasteiger partial charge in [-0.05, 0) is 42.7 Å². The molecular weight excluding hydrogens is 316 g/mol. The van der Waals surface area contributed by atoms with Crippen LogP contribution >= 0.6 is 23.1 Å². The van der Waals surface area contributed by atoms with Gasteiger partial charge in [0.05, 0.1) is 17.3 Å². The van der Waals surface area contributed by atoms with Gasteiger partial charge in [0.1, 0.15) is 5.75 Å². The summed E-state index contributed by atoms with van der Waals surface area (Å²) in [5.74, 6) is 0.550. The summed E-state index contributed by atoms with van der Waals surface area (Å²) in [6.45, 7) is 0. The zero-order chi connectivity index (χ0) is 15.5. The first-order valence-electron chi connectivity index (χ1n) is 6.60. The number of anilines is 1. The Morgan fingerprint density at radius 3 is 2.68 bits per heavy atom. The van der Waals surface area contributed by atoms with Crippen LogP contribution in [0, 0.1) is 0 Å². The van der Waals surface area contributed by atoms with Gasteiger partial charge in [-0.25, -0.2) is 4.98 Å². The van der Waals surface area contributed by atoms with Crippen LogP contribution in [-0.2, 0) is 0 Å². The number of nitrogens with zero attached hydrogens (tertiary/aromatic N) is 1. The number of thioether (sulfide) groups is 1. The number of fused-ring (bicyclic) bond motifs is 1. The molecule has 0 bridgehead atoms. The number of ether oxygens (including phenoxy) is 1. The molecule has 112 valence electrons. The number of thiazole rings is 1. The number of carbonyl (C=O) groups excluding carboxylic acids is 1. The molecule has 3 aromatic rings. The van der Waals surface area contributed by atoms with Crippen molar-refractivity contribution in [2.75, 3.05) is 18.7 Å². The summed E-state index contributed by atoms with van der Waals surface area (Å²) in [4.78, 5) is 17.9. The van der Waals surface area contributed by atoms with E-state index in [1.54, 1.807) is 43.1 Å². The maximum Gasteiger partial charge on any atom is 0.257 e. The third-order valence-corrected chi connectivity index (χ3v) is 4.88. The minimum atomic E-state index is -0.174. The molecule has 0 aliphatic carbocycles. The zero-order valence-electron chi connectivity index (χ0n) is 12.1. The summed E-state index contributed by atoms with van der Waals surface area (Å²) in [6, 6.07) is 13.0. The van der Waals surface area contributed by atoms with Crippen LogP contribution in [0.3, 0.4) is 0 Å². The lowest BCUT2D eigenvalue weighted by Crippen LogP contribution is -2.11. The Hall–Kier alpha value is -2.05. The number of aromatic nitrogens is 1. The first kappa shape index (κ1) is 14.9. The van der Waals surface area contributed by atoms with Gasteiger partial charge in [0.15, 0.2) is 5.13 Å². The van der Waals surface area contributed by atoms with E-state index in [1.807, 2.05) is 24.5 Å². The van der Waals surface area contributed by atoms with Gasteiger partial charge in [-0.3, -0.25) is 10.1 Å². The lowest BCUT2D eigenvalue weighted by molar-refractivity contribution is 0.102. The van der Waals surface area contributed by atoms with E-state index in [0.717, 1.165) is 20.9 Å². The molecule has 3 rings (SSSR count). The lowest BCUT2D eigenvalue weighted by atomic mass is 10.2. The van der Waals surface area contributed by atoms with Crippen LogP contribution in [0.2, 0.25) is 0 Å². The van der Waals surface area contributed by atoms with Crippen LogP contribution in [0.5, 0.6) is 5.75 Å². The highest BCUT2D eigenvalue weighted by atomic mass is 32.2. The van der Waals surface area contributed by atoms with Gasteiger partial charge in [-0.15, -0.1) is 11.8 Å². The van der Waals surface area contributed by atoms with E-state index < -0.39 is 0 Å². The molecule has 1 heterocycles. The van der Waals surface area contributed by atoms with Crippen LogP contribution in [0.4, 0.5) is 5.13 Å². The van der Waals surface area contributed by atoms with Crippen molar-refractivity contribution >= 4 is 44.4 Å². The van der Waals surface area contributed by atoms with Crippen molar-refractivity contribution in [3.05, 3.63) is 48.0 Å². The highest BCUT2D eigenvalue weighted by Gasteiger charge is 2.11. The molecular formula is C16H14N2O2S2. The average molecular weight is 330 g/mol. The van der Waals surface area contributed by atoms with Crippen LogP contribution in [0.25, 0.3) is 10.2 Å². The smallest absolute Gasteiger partial charge is 0.257 e. The number of para-hydroxylation sites is 1.